The van der Waals surface area contributed by atoms with Crippen LogP contribution in [0.15, 0.2) is 88.0 Å². The quantitative estimate of drug-likeness (QED) is 0.315. The zero-order valence-corrected chi connectivity index (χ0v) is 17.5. The van der Waals surface area contributed by atoms with Crippen LogP contribution in [0.2, 0.25) is 0 Å². The molecule has 31 heavy (non-hydrogen) atoms. The first-order chi connectivity index (χ1) is 15.0. The molecule has 0 unspecified atom stereocenters. The largest absolute Gasteiger partial charge is 0.468 e. The number of anilines is 1. The highest BCUT2D eigenvalue weighted by molar-refractivity contribution is 8.00. The lowest BCUT2D eigenvalue weighted by atomic mass is 10.2. The van der Waals surface area contributed by atoms with Crippen molar-refractivity contribution in [3.63, 3.8) is 0 Å². The predicted molar refractivity (Wildman–Crippen MR) is 118 cm³/mol. The SMILES string of the molecule is COC(=O)CSc1cccc(NC(=O)/C(=C\c2ccco2)NC(=O)c2ccccc2)c1. The number of nitrogens with one attached hydrogen (secondary N) is 2. The van der Waals surface area contributed by atoms with E-state index in [9.17, 15) is 14.4 Å². The summed E-state index contributed by atoms with van der Waals surface area (Å²) in [5.41, 5.74) is 0.956. The van der Waals surface area contributed by atoms with E-state index in [4.69, 9.17) is 4.42 Å². The number of esters is 1. The third kappa shape index (κ3) is 6.61. The zero-order chi connectivity index (χ0) is 22.1. The highest BCUT2D eigenvalue weighted by atomic mass is 32.2. The van der Waals surface area contributed by atoms with Gasteiger partial charge in [0.2, 0.25) is 0 Å². The second-order valence-electron chi connectivity index (χ2n) is 6.24. The van der Waals surface area contributed by atoms with E-state index in [2.05, 4.69) is 15.4 Å². The highest BCUT2D eigenvalue weighted by Gasteiger charge is 2.16. The van der Waals surface area contributed by atoms with Gasteiger partial charge in [0.1, 0.15) is 11.5 Å². The van der Waals surface area contributed by atoms with Crippen molar-refractivity contribution in [3.05, 3.63) is 90.0 Å². The zero-order valence-electron chi connectivity index (χ0n) is 16.7. The normalized spacial score (nSPS) is 10.9. The lowest BCUT2D eigenvalue weighted by molar-refractivity contribution is -0.137. The number of rotatable bonds is 8. The first-order valence-electron chi connectivity index (χ1n) is 9.28. The molecule has 0 saturated heterocycles. The Kier molecular flexibility index (Phi) is 7.67. The van der Waals surface area contributed by atoms with Crippen LogP contribution in [0.25, 0.3) is 6.08 Å². The third-order valence-electron chi connectivity index (χ3n) is 4.03. The first-order valence-corrected chi connectivity index (χ1v) is 10.3. The molecule has 0 radical (unpaired) electrons. The minimum atomic E-state index is -0.518. The van der Waals surface area contributed by atoms with E-state index < -0.39 is 11.8 Å². The number of amides is 2. The van der Waals surface area contributed by atoms with Crippen LogP contribution in [0.1, 0.15) is 16.1 Å². The summed E-state index contributed by atoms with van der Waals surface area (Å²) in [5, 5.41) is 5.40. The number of ether oxygens (including phenoxy) is 1. The fourth-order valence-electron chi connectivity index (χ4n) is 2.52. The molecule has 0 aliphatic rings. The second kappa shape index (κ2) is 10.8. The number of hydrogen-bond donors (Lipinski definition) is 2. The van der Waals surface area contributed by atoms with Crippen molar-refractivity contribution in [2.24, 2.45) is 0 Å². The van der Waals surface area contributed by atoms with Crippen LogP contribution in [0.5, 0.6) is 0 Å². The van der Waals surface area contributed by atoms with Gasteiger partial charge in [-0.1, -0.05) is 24.3 Å². The maximum Gasteiger partial charge on any atom is 0.315 e. The molecule has 0 bridgehead atoms. The van der Waals surface area contributed by atoms with Gasteiger partial charge >= 0.3 is 5.97 Å². The van der Waals surface area contributed by atoms with E-state index in [0.29, 0.717) is 17.0 Å². The van der Waals surface area contributed by atoms with Gasteiger partial charge in [-0.3, -0.25) is 14.4 Å². The second-order valence-corrected chi connectivity index (χ2v) is 7.29. The standard InChI is InChI=1S/C23H20N2O5S/c1-29-21(26)15-31-19-11-5-9-17(13-19)24-23(28)20(14-18-10-6-12-30-18)25-22(27)16-7-3-2-4-8-16/h2-14H,15H2,1H3,(H,24,28)(H,25,27)/b20-14+. The van der Waals surface area contributed by atoms with Crippen LogP contribution >= 0.6 is 11.8 Å². The molecule has 0 fully saturated rings. The Balaban J connectivity index is 1.76. The minimum absolute atomic E-state index is 0.0245. The number of carbonyl (C=O) groups excluding carboxylic acids is 3. The number of thioether (sulfide) groups is 1. The maximum absolute atomic E-state index is 12.9. The molecular formula is C23H20N2O5S. The van der Waals surface area contributed by atoms with Gasteiger partial charge in [0.05, 0.1) is 19.1 Å². The minimum Gasteiger partial charge on any atom is -0.468 e. The summed E-state index contributed by atoms with van der Waals surface area (Å²) in [6.07, 6.45) is 2.93. The fraction of sp³-hybridized carbons (Fsp3) is 0.0870. The Morgan fingerprint density at radius 2 is 1.84 bits per heavy atom. The third-order valence-corrected chi connectivity index (χ3v) is 5.00. The Bertz CT molecular complexity index is 1080. The Hall–Kier alpha value is -3.78. The molecule has 0 atom stereocenters. The van der Waals surface area contributed by atoms with E-state index in [0.717, 1.165) is 4.90 Å². The van der Waals surface area contributed by atoms with Crippen LogP contribution in [0.3, 0.4) is 0 Å². The van der Waals surface area contributed by atoms with Gasteiger partial charge in [-0.05, 0) is 42.5 Å². The molecule has 7 nitrogen and oxygen atoms in total. The van der Waals surface area contributed by atoms with Crippen molar-refractivity contribution in [1.29, 1.82) is 0 Å². The Morgan fingerprint density at radius 3 is 2.55 bits per heavy atom. The summed E-state index contributed by atoms with van der Waals surface area (Å²) in [4.78, 5) is 37.6. The molecule has 3 rings (SSSR count). The molecule has 2 N–H and O–H groups in total. The van der Waals surface area contributed by atoms with Crippen LogP contribution in [-0.4, -0.2) is 30.6 Å². The van der Waals surface area contributed by atoms with Crippen LogP contribution in [0, 0.1) is 0 Å². The van der Waals surface area contributed by atoms with Crippen molar-refractivity contribution in [2.75, 3.05) is 18.2 Å². The first kappa shape index (κ1) is 21.9. The van der Waals surface area contributed by atoms with E-state index in [1.54, 1.807) is 60.7 Å². The topological polar surface area (TPSA) is 97.6 Å². The molecule has 158 valence electrons. The molecule has 0 spiro atoms. The van der Waals surface area contributed by atoms with Crippen LogP contribution < -0.4 is 10.6 Å². The summed E-state index contributed by atoms with van der Waals surface area (Å²) >= 11 is 1.29. The van der Waals surface area contributed by atoms with Gasteiger partial charge in [0, 0.05) is 22.2 Å². The highest BCUT2D eigenvalue weighted by Crippen LogP contribution is 2.22. The summed E-state index contributed by atoms with van der Waals surface area (Å²) in [6.45, 7) is 0. The molecule has 1 heterocycles. The van der Waals surface area contributed by atoms with Gasteiger partial charge in [-0.15, -0.1) is 11.8 Å². The van der Waals surface area contributed by atoms with E-state index in [1.807, 2.05) is 6.07 Å². The molecule has 8 heteroatoms. The smallest absolute Gasteiger partial charge is 0.315 e. The van der Waals surface area contributed by atoms with Gasteiger partial charge in [-0.2, -0.15) is 0 Å². The molecular weight excluding hydrogens is 416 g/mol. The van der Waals surface area contributed by atoms with Gasteiger partial charge in [0.15, 0.2) is 0 Å². The number of methoxy groups -OCH3 is 1. The Labute approximate surface area is 183 Å². The number of furan rings is 1. The summed E-state index contributed by atoms with van der Waals surface area (Å²) < 4.78 is 9.92. The van der Waals surface area contributed by atoms with Gasteiger partial charge in [0.25, 0.3) is 11.8 Å². The average molecular weight is 436 g/mol. The molecule has 2 aromatic carbocycles. The van der Waals surface area contributed by atoms with E-state index in [-0.39, 0.29) is 17.4 Å². The molecule has 0 aliphatic heterocycles. The number of benzene rings is 2. The summed E-state index contributed by atoms with van der Waals surface area (Å²) in [5.74, 6) is -0.704. The van der Waals surface area contributed by atoms with Crippen molar-refractivity contribution in [1.82, 2.24) is 5.32 Å². The average Bonchev–Trinajstić information content (AvgIpc) is 3.31. The van der Waals surface area contributed by atoms with Gasteiger partial charge < -0.3 is 19.8 Å². The van der Waals surface area contributed by atoms with E-state index >= 15 is 0 Å². The summed E-state index contributed by atoms with van der Waals surface area (Å²) in [6, 6.07) is 19.0. The lowest BCUT2D eigenvalue weighted by Crippen LogP contribution is -2.30. The van der Waals surface area contributed by atoms with Crippen molar-refractivity contribution < 1.29 is 23.5 Å². The monoisotopic (exact) mass is 436 g/mol. The van der Waals surface area contributed by atoms with Gasteiger partial charge in [-0.25, -0.2) is 0 Å². The number of carbonyl (C=O) groups is 3. The molecule has 1 aromatic heterocycles. The van der Waals surface area contributed by atoms with Crippen molar-refractivity contribution in [3.8, 4) is 0 Å². The Morgan fingerprint density at radius 1 is 1.03 bits per heavy atom. The molecule has 3 aromatic rings. The van der Waals surface area contributed by atoms with Crippen LogP contribution in [-0.2, 0) is 14.3 Å². The fourth-order valence-corrected chi connectivity index (χ4v) is 3.31. The number of hydrogen-bond acceptors (Lipinski definition) is 6. The van der Waals surface area contributed by atoms with Crippen molar-refractivity contribution >= 4 is 41.3 Å². The van der Waals surface area contributed by atoms with Crippen LogP contribution in [0.4, 0.5) is 5.69 Å². The van der Waals surface area contributed by atoms with Crippen molar-refractivity contribution in [2.45, 2.75) is 4.90 Å². The maximum atomic E-state index is 12.9. The molecule has 0 aliphatic carbocycles. The lowest BCUT2D eigenvalue weighted by Gasteiger charge is -2.11. The molecule has 0 saturated carbocycles. The predicted octanol–water partition coefficient (Wildman–Crippen LogP) is 3.95. The summed E-state index contributed by atoms with van der Waals surface area (Å²) in [7, 11) is 1.33. The van der Waals surface area contributed by atoms with E-state index in [1.165, 1.54) is 31.2 Å². The molecule has 2 amide bonds.